The normalized spacial score (nSPS) is 23.3. The van der Waals surface area contributed by atoms with Gasteiger partial charge in [0.15, 0.2) is 16.9 Å². The molecule has 2 heterocycles. The molecule has 1 unspecified atom stereocenters. The minimum Gasteiger partial charge on any atom is -0.457 e. The van der Waals surface area contributed by atoms with Gasteiger partial charge in [-0.25, -0.2) is 0 Å². The van der Waals surface area contributed by atoms with Gasteiger partial charge in [-0.05, 0) is 49.3 Å². The Morgan fingerprint density at radius 3 is 2.74 bits per heavy atom. The van der Waals surface area contributed by atoms with E-state index in [9.17, 15) is 18.0 Å². The van der Waals surface area contributed by atoms with Crippen LogP contribution in [0.15, 0.2) is 56.7 Å². The summed E-state index contributed by atoms with van der Waals surface area (Å²) in [5.41, 5.74) is -0.557. The molecule has 5 rings (SSSR count). The number of hydrogen-bond donors (Lipinski definition) is 0. The van der Waals surface area contributed by atoms with Crippen molar-refractivity contribution in [3.05, 3.63) is 74.6 Å². The van der Waals surface area contributed by atoms with Crippen LogP contribution in [0.1, 0.15) is 23.8 Å². The zero-order valence-electron chi connectivity index (χ0n) is 14.1. The maximum absolute atomic E-state index is 13.0. The lowest BCUT2D eigenvalue weighted by molar-refractivity contribution is -0.137. The molecule has 2 aliphatic carbocycles. The van der Waals surface area contributed by atoms with E-state index in [4.69, 9.17) is 13.9 Å². The molecule has 138 valence electrons. The van der Waals surface area contributed by atoms with Gasteiger partial charge in [-0.3, -0.25) is 4.79 Å². The average Bonchev–Trinajstić information content (AvgIpc) is 3.10. The Bertz CT molecular complexity index is 1150. The monoisotopic (exact) mass is 374 g/mol. The highest BCUT2D eigenvalue weighted by Crippen LogP contribution is 2.49. The molecular formula is C20H13F3O4. The first kappa shape index (κ1) is 16.2. The van der Waals surface area contributed by atoms with Crippen LogP contribution < -0.4 is 5.43 Å². The summed E-state index contributed by atoms with van der Waals surface area (Å²) < 4.78 is 55.7. The summed E-state index contributed by atoms with van der Waals surface area (Å²) in [4.78, 5) is 13.0. The molecular weight excluding hydrogens is 361 g/mol. The van der Waals surface area contributed by atoms with E-state index in [1.54, 1.807) is 12.2 Å². The van der Waals surface area contributed by atoms with Gasteiger partial charge in [-0.1, -0.05) is 6.08 Å². The van der Waals surface area contributed by atoms with Crippen molar-refractivity contribution in [1.29, 1.82) is 0 Å². The summed E-state index contributed by atoms with van der Waals surface area (Å²) >= 11 is 0. The number of hydrogen-bond acceptors (Lipinski definition) is 4. The summed E-state index contributed by atoms with van der Waals surface area (Å²) in [6, 6.07) is 2.94. The molecule has 0 bridgehead atoms. The van der Waals surface area contributed by atoms with Crippen molar-refractivity contribution in [2.24, 2.45) is 5.41 Å². The van der Waals surface area contributed by atoms with Gasteiger partial charge in [-0.2, -0.15) is 13.2 Å². The van der Waals surface area contributed by atoms with Crippen LogP contribution in [0.5, 0.6) is 0 Å². The fourth-order valence-electron chi connectivity index (χ4n) is 3.92. The number of benzene rings is 1. The van der Waals surface area contributed by atoms with Crippen LogP contribution in [0.2, 0.25) is 0 Å². The summed E-state index contributed by atoms with van der Waals surface area (Å²) in [6.07, 6.45) is 1.14. The van der Waals surface area contributed by atoms with Gasteiger partial charge in [0, 0.05) is 5.56 Å². The first-order chi connectivity index (χ1) is 12.8. The summed E-state index contributed by atoms with van der Waals surface area (Å²) in [5, 5.41) is 0.131. The topological polar surface area (TPSA) is 48.7 Å². The van der Waals surface area contributed by atoms with Gasteiger partial charge < -0.3 is 13.9 Å². The number of alkyl halides is 3. The lowest BCUT2D eigenvalue weighted by Gasteiger charge is -2.35. The minimum absolute atomic E-state index is 0.0748. The number of allylic oxidation sites excluding steroid dienone is 3. The van der Waals surface area contributed by atoms with Crippen LogP contribution >= 0.6 is 0 Å². The van der Waals surface area contributed by atoms with Crippen molar-refractivity contribution in [1.82, 2.24) is 0 Å². The second kappa shape index (κ2) is 5.06. The van der Waals surface area contributed by atoms with Gasteiger partial charge >= 0.3 is 6.18 Å². The first-order valence-electron chi connectivity index (χ1n) is 8.35. The van der Waals surface area contributed by atoms with Crippen molar-refractivity contribution in [2.45, 2.75) is 19.5 Å². The molecule has 4 nitrogen and oxygen atoms in total. The van der Waals surface area contributed by atoms with E-state index in [-0.39, 0.29) is 29.0 Å². The third-order valence-electron chi connectivity index (χ3n) is 5.36. The summed E-state index contributed by atoms with van der Waals surface area (Å²) in [5.74, 6) is 1.58. The van der Waals surface area contributed by atoms with Crippen LogP contribution in [0.3, 0.4) is 0 Å². The number of fused-ring (bicyclic) bond motifs is 4. The van der Waals surface area contributed by atoms with Crippen LogP contribution in [0, 0.1) is 5.41 Å². The zero-order valence-corrected chi connectivity index (χ0v) is 14.1. The highest BCUT2D eigenvalue weighted by atomic mass is 19.4. The highest BCUT2D eigenvalue weighted by molar-refractivity contribution is 5.80. The van der Waals surface area contributed by atoms with Gasteiger partial charge in [0.05, 0.1) is 16.4 Å². The molecule has 3 aliphatic rings. The van der Waals surface area contributed by atoms with Crippen molar-refractivity contribution in [3.63, 3.8) is 0 Å². The lowest BCUT2D eigenvalue weighted by atomic mass is 9.69. The molecule has 0 saturated heterocycles. The smallest absolute Gasteiger partial charge is 0.416 e. The highest BCUT2D eigenvalue weighted by Gasteiger charge is 2.45. The van der Waals surface area contributed by atoms with E-state index in [0.717, 1.165) is 17.7 Å². The van der Waals surface area contributed by atoms with E-state index < -0.39 is 17.2 Å². The quantitative estimate of drug-likeness (QED) is 0.679. The van der Waals surface area contributed by atoms with Gasteiger partial charge in [0.1, 0.15) is 11.3 Å². The Labute approximate surface area is 151 Å². The van der Waals surface area contributed by atoms with E-state index in [1.165, 1.54) is 6.07 Å². The summed E-state index contributed by atoms with van der Waals surface area (Å²) in [6.45, 7) is 2.07. The molecule has 27 heavy (non-hydrogen) atoms. The second-order valence-corrected chi connectivity index (χ2v) is 7.02. The molecule has 0 spiro atoms. The predicted molar refractivity (Wildman–Crippen MR) is 90.5 cm³/mol. The Balaban J connectivity index is 1.73. The van der Waals surface area contributed by atoms with E-state index in [1.807, 2.05) is 13.0 Å². The largest absolute Gasteiger partial charge is 0.457 e. The van der Waals surface area contributed by atoms with Crippen molar-refractivity contribution >= 4 is 17.0 Å². The van der Waals surface area contributed by atoms with E-state index >= 15 is 0 Å². The molecule has 1 aromatic carbocycles. The molecule has 2 aromatic rings. The standard InChI is InChI=1S/C20H13F3O4/c1-19-8-13-16(6-10(19)3-5-14-18(19)26-9-25-14)27-15-7-11(20(21,22)23)2-4-12(15)17(13)24/h2-7H,8-9H2,1H3. The molecule has 7 heteroatoms. The van der Waals surface area contributed by atoms with Crippen LogP contribution in [-0.2, 0) is 22.1 Å². The Hall–Kier alpha value is -2.96. The fraction of sp³-hybridized carbons (Fsp3) is 0.250. The molecule has 0 fully saturated rings. The molecule has 0 N–H and O–H groups in total. The van der Waals surface area contributed by atoms with Crippen LogP contribution in [-0.4, -0.2) is 6.79 Å². The third kappa shape index (κ3) is 2.20. The van der Waals surface area contributed by atoms with Crippen molar-refractivity contribution in [3.8, 4) is 0 Å². The van der Waals surface area contributed by atoms with Crippen LogP contribution in [0.4, 0.5) is 13.2 Å². The number of rotatable bonds is 0. The molecule has 0 saturated carbocycles. The maximum Gasteiger partial charge on any atom is 0.416 e. The molecule has 1 aromatic heterocycles. The summed E-state index contributed by atoms with van der Waals surface area (Å²) in [7, 11) is 0. The lowest BCUT2D eigenvalue weighted by Crippen LogP contribution is -2.32. The van der Waals surface area contributed by atoms with Gasteiger partial charge in [0.25, 0.3) is 0 Å². The van der Waals surface area contributed by atoms with Crippen LogP contribution in [0.25, 0.3) is 17.0 Å². The fourth-order valence-corrected chi connectivity index (χ4v) is 3.92. The van der Waals surface area contributed by atoms with E-state index in [2.05, 4.69) is 0 Å². The molecule has 0 amide bonds. The van der Waals surface area contributed by atoms with Gasteiger partial charge in [0.2, 0.25) is 6.79 Å². The maximum atomic E-state index is 13.0. The van der Waals surface area contributed by atoms with Gasteiger partial charge in [-0.15, -0.1) is 0 Å². The number of halogens is 3. The van der Waals surface area contributed by atoms with Crippen molar-refractivity contribution < 1.29 is 27.1 Å². The molecule has 0 radical (unpaired) electrons. The Morgan fingerprint density at radius 2 is 1.96 bits per heavy atom. The van der Waals surface area contributed by atoms with Crippen molar-refractivity contribution in [2.75, 3.05) is 6.79 Å². The second-order valence-electron chi connectivity index (χ2n) is 7.02. The SMILES string of the molecule is CC12Cc3c(oc4cc(C(F)(F)F)ccc4c3=O)C=C1C=CC1=C2OCO1. The minimum atomic E-state index is -4.51. The Kier molecular flexibility index (Phi) is 3.04. The predicted octanol–water partition coefficient (Wildman–Crippen LogP) is 4.54. The molecule has 1 aliphatic heterocycles. The average molecular weight is 374 g/mol. The zero-order chi connectivity index (χ0) is 19.0. The molecule has 1 atom stereocenters. The van der Waals surface area contributed by atoms with E-state index in [0.29, 0.717) is 23.5 Å². The first-order valence-corrected chi connectivity index (χ1v) is 8.35. The number of ether oxygens (including phenoxy) is 2. The third-order valence-corrected chi connectivity index (χ3v) is 5.36. The Morgan fingerprint density at radius 1 is 1.15 bits per heavy atom.